The molecule has 0 bridgehead atoms. The molecule has 132 valence electrons. The van der Waals surface area contributed by atoms with Gasteiger partial charge in [0, 0.05) is 12.8 Å². The first-order chi connectivity index (χ1) is 12.2. The zero-order chi connectivity index (χ0) is 17.6. The number of fused-ring (bicyclic) bond motifs is 1. The summed E-state index contributed by atoms with van der Waals surface area (Å²) in [5.41, 5.74) is 1.96. The van der Waals surface area contributed by atoms with E-state index in [0.29, 0.717) is 48.1 Å². The summed E-state index contributed by atoms with van der Waals surface area (Å²) in [6, 6.07) is 1.73. The molecule has 25 heavy (non-hydrogen) atoms. The first-order valence-corrected chi connectivity index (χ1v) is 8.73. The van der Waals surface area contributed by atoms with E-state index in [4.69, 9.17) is 27.9 Å². The number of nitrogens with one attached hydrogen (secondary N) is 1. The van der Waals surface area contributed by atoms with Crippen LogP contribution >= 0.6 is 23.2 Å². The maximum atomic E-state index is 6.07. The molecule has 3 aromatic heterocycles. The second-order valence-corrected chi connectivity index (χ2v) is 5.78. The number of ether oxygens (including phenoxy) is 1. The van der Waals surface area contributed by atoms with Gasteiger partial charge in [-0.1, -0.05) is 6.92 Å². The van der Waals surface area contributed by atoms with Crippen molar-refractivity contribution in [3.8, 4) is 0 Å². The maximum absolute atomic E-state index is 6.07. The molecule has 0 saturated carbocycles. The molecule has 0 saturated heterocycles. The monoisotopic (exact) mass is 381 g/mol. The fourth-order valence-corrected chi connectivity index (χ4v) is 2.69. The third-order valence-electron chi connectivity index (χ3n) is 3.38. The Balaban J connectivity index is 2.00. The summed E-state index contributed by atoms with van der Waals surface area (Å²) in [4.78, 5) is 16.6. The fraction of sp³-hybridized carbons (Fsp3) is 0.400. The van der Waals surface area contributed by atoms with Crippen LogP contribution in [0.4, 0.5) is 11.6 Å². The Hall–Kier alpha value is -2.03. The molecule has 0 unspecified atom stereocenters. The van der Waals surface area contributed by atoms with Gasteiger partial charge in [-0.3, -0.25) is 4.68 Å². The predicted molar refractivity (Wildman–Crippen MR) is 96.3 cm³/mol. The van der Waals surface area contributed by atoms with Crippen LogP contribution in [0.1, 0.15) is 19.0 Å². The largest absolute Gasteiger partial charge is 0.380 e. The Morgan fingerprint density at radius 3 is 2.88 bits per heavy atom. The van der Waals surface area contributed by atoms with E-state index >= 15 is 0 Å². The van der Waals surface area contributed by atoms with E-state index in [-0.39, 0.29) is 11.2 Å². The van der Waals surface area contributed by atoms with E-state index in [1.165, 1.54) is 6.33 Å². The lowest BCUT2D eigenvalue weighted by Crippen LogP contribution is -2.10. The van der Waals surface area contributed by atoms with Crippen LogP contribution in [0.25, 0.3) is 11.0 Å². The normalized spacial score (nSPS) is 11.2. The maximum Gasteiger partial charge on any atom is 0.225 e. The number of hydrogen-bond donors (Lipinski definition) is 1. The van der Waals surface area contributed by atoms with Gasteiger partial charge >= 0.3 is 0 Å². The fourth-order valence-electron chi connectivity index (χ4n) is 2.34. The summed E-state index contributed by atoms with van der Waals surface area (Å²) in [5.74, 6) is 1.32. The Bertz CT molecular complexity index is 841. The van der Waals surface area contributed by atoms with Crippen LogP contribution in [-0.4, -0.2) is 42.9 Å². The van der Waals surface area contributed by atoms with E-state index in [9.17, 15) is 0 Å². The highest BCUT2D eigenvalue weighted by Crippen LogP contribution is 2.27. The van der Waals surface area contributed by atoms with E-state index in [1.54, 1.807) is 16.9 Å². The van der Waals surface area contributed by atoms with Crippen molar-refractivity contribution in [2.24, 2.45) is 0 Å². The minimum absolute atomic E-state index is 0.109. The van der Waals surface area contributed by atoms with Gasteiger partial charge in [-0.2, -0.15) is 10.1 Å². The number of halogens is 2. The molecule has 0 spiro atoms. The number of aromatic nitrogens is 6. The average Bonchev–Trinajstić information content (AvgIpc) is 2.97. The van der Waals surface area contributed by atoms with Gasteiger partial charge in [0.05, 0.1) is 19.0 Å². The zero-order valence-electron chi connectivity index (χ0n) is 13.6. The average molecular weight is 382 g/mol. The van der Waals surface area contributed by atoms with Gasteiger partial charge in [0.2, 0.25) is 5.28 Å². The van der Waals surface area contributed by atoms with Crippen LogP contribution in [0.3, 0.4) is 0 Å². The highest BCUT2D eigenvalue weighted by molar-refractivity contribution is 6.29. The van der Waals surface area contributed by atoms with Gasteiger partial charge < -0.3 is 10.1 Å². The highest BCUT2D eigenvalue weighted by atomic mass is 35.5. The van der Waals surface area contributed by atoms with Crippen LogP contribution < -0.4 is 5.32 Å². The number of anilines is 2. The minimum atomic E-state index is 0.109. The van der Waals surface area contributed by atoms with Gasteiger partial charge in [0.25, 0.3) is 0 Å². The smallest absolute Gasteiger partial charge is 0.225 e. The van der Waals surface area contributed by atoms with E-state index < -0.39 is 0 Å². The summed E-state index contributed by atoms with van der Waals surface area (Å²) in [5, 5.41) is 7.76. The Morgan fingerprint density at radius 1 is 1.28 bits per heavy atom. The van der Waals surface area contributed by atoms with E-state index in [2.05, 4.69) is 37.3 Å². The second kappa shape index (κ2) is 8.37. The predicted octanol–water partition coefficient (Wildman–Crippen LogP) is 3.18. The van der Waals surface area contributed by atoms with E-state index in [0.717, 1.165) is 6.42 Å². The topological polar surface area (TPSA) is 90.6 Å². The molecule has 3 aromatic rings. The lowest BCUT2D eigenvalue weighted by Gasteiger charge is -2.09. The molecule has 0 fully saturated rings. The van der Waals surface area contributed by atoms with Crippen molar-refractivity contribution in [3.05, 3.63) is 29.6 Å². The Morgan fingerprint density at radius 2 is 2.16 bits per heavy atom. The van der Waals surface area contributed by atoms with Gasteiger partial charge in [-0.15, -0.1) is 11.6 Å². The number of nitrogens with zero attached hydrogens (tertiary/aromatic N) is 6. The van der Waals surface area contributed by atoms with E-state index in [1.807, 2.05) is 0 Å². The molecule has 1 N–H and O–H groups in total. The minimum Gasteiger partial charge on any atom is -0.380 e. The molecule has 0 radical (unpaired) electrons. The van der Waals surface area contributed by atoms with Crippen LogP contribution in [0.5, 0.6) is 0 Å². The molecule has 0 aliphatic carbocycles. The summed E-state index contributed by atoms with van der Waals surface area (Å²) < 4.78 is 7.34. The molecule has 10 heteroatoms. The molecule has 0 amide bonds. The SMILES string of the molecule is CCCOCCn1nc(CCl)c2nc(Cl)nc(Nc3ccncn3)c21. The van der Waals surface area contributed by atoms with Crippen molar-refractivity contribution in [1.29, 1.82) is 0 Å². The first kappa shape index (κ1) is 17.8. The first-order valence-electron chi connectivity index (χ1n) is 7.82. The van der Waals surface area contributed by atoms with Crippen molar-refractivity contribution >= 4 is 45.9 Å². The molecule has 3 heterocycles. The Kier molecular flexibility index (Phi) is 5.95. The third kappa shape index (κ3) is 4.15. The molecule has 8 nitrogen and oxygen atoms in total. The molecule has 0 atom stereocenters. The van der Waals surface area contributed by atoms with Crippen LogP contribution in [0.15, 0.2) is 18.6 Å². The van der Waals surface area contributed by atoms with Crippen LogP contribution in [0.2, 0.25) is 5.28 Å². The van der Waals surface area contributed by atoms with Gasteiger partial charge in [0.15, 0.2) is 5.82 Å². The molecule has 0 aliphatic heterocycles. The number of hydrogen-bond acceptors (Lipinski definition) is 7. The van der Waals surface area contributed by atoms with Gasteiger partial charge in [-0.25, -0.2) is 15.0 Å². The summed E-state index contributed by atoms with van der Waals surface area (Å²) >= 11 is 12.1. The molecule has 3 rings (SSSR count). The molecule has 0 aromatic carbocycles. The summed E-state index contributed by atoms with van der Waals surface area (Å²) in [7, 11) is 0. The zero-order valence-corrected chi connectivity index (χ0v) is 15.1. The van der Waals surface area contributed by atoms with Crippen molar-refractivity contribution < 1.29 is 4.74 Å². The quantitative estimate of drug-likeness (QED) is 0.364. The summed E-state index contributed by atoms with van der Waals surface area (Å²) in [6.07, 6.45) is 4.05. The van der Waals surface area contributed by atoms with Gasteiger partial charge in [-0.05, 0) is 24.1 Å². The summed E-state index contributed by atoms with van der Waals surface area (Å²) in [6.45, 7) is 3.85. The number of alkyl halides is 1. The van der Waals surface area contributed by atoms with Gasteiger partial charge in [0.1, 0.15) is 28.9 Å². The molecular weight excluding hydrogens is 365 g/mol. The lowest BCUT2D eigenvalue weighted by atomic mass is 10.3. The van der Waals surface area contributed by atoms with Crippen molar-refractivity contribution in [3.63, 3.8) is 0 Å². The van der Waals surface area contributed by atoms with Crippen LogP contribution in [0, 0.1) is 0 Å². The van der Waals surface area contributed by atoms with Crippen molar-refractivity contribution in [2.75, 3.05) is 18.5 Å². The number of rotatable bonds is 8. The van der Waals surface area contributed by atoms with Crippen LogP contribution in [-0.2, 0) is 17.2 Å². The third-order valence-corrected chi connectivity index (χ3v) is 3.80. The standard InChI is InChI=1S/C15H17Cl2N7O/c1-2-6-25-7-5-24-13-12(10(8-16)23-24)21-15(17)22-14(13)20-11-3-4-18-9-19-11/h3-4,9H,2,5-8H2,1H3,(H,18,19,20,21,22). The second-order valence-electron chi connectivity index (χ2n) is 5.17. The van der Waals surface area contributed by atoms with Crippen molar-refractivity contribution in [2.45, 2.75) is 25.8 Å². The Labute approximate surface area is 154 Å². The lowest BCUT2D eigenvalue weighted by molar-refractivity contribution is 0.125. The van der Waals surface area contributed by atoms with Crippen molar-refractivity contribution in [1.82, 2.24) is 29.7 Å². The molecule has 0 aliphatic rings. The molecular formula is C15H17Cl2N7O. The highest BCUT2D eigenvalue weighted by Gasteiger charge is 2.18.